The summed E-state index contributed by atoms with van der Waals surface area (Å²) >= 11 is 1.25. The highest BCUT2D eigenvalue weighted by molar-refractivity contribution is 7.99. The molecule has 0 atom stereocenters. The largest absolute Gasteiger partial charge is 0.493 e. The standard InChI is InChI=1S/C28H26N6O4S/c1-36-23-13-18(14-24(37-2)26(23)38-3)27-32-33-28(34(27)20-9-5-4-6-10-20)39-17-25(35)31-30-16-19-15-29-22-12-8-7-11-21(19)22/h4-16,29H,17H2,1-3H3,(H,31,35)/b30-16-. The maximum Gasteiger partial charge on any atom is 0.250 e. The lowest BCUT2D eigenvalue weighted by Crippen LogP contribution is -2.20. The van der Waals surface area contributed by atoms with E-state index < -0.39 is 0 Å². The van der Waals surface area contributed by atoms with Crippen LogP contribution in [0.15, 0.2) is 83.2 Å². The molecule has 2 heterocycles. The Morgan fingerprint density at radius 3 is 2.44 bits per heavy atom. The summed E-state index contributed by atoms with van der Waals surface area (Å²) in [4.78, 5) is 15.8. The Balaban J connectivity index is 1.38. The summed E-state index contributed by atoms with van der Waals surface area (Å²) < 4.78 is 18.4. The van der Waals surface area contributed by atoms with Gasteiger partial charge in [-0.25, -0.2) is 5.43 Å². The zero-order valence-electron chi connectivity index (χ0n) is 21.5. The molecule has 39 heavy (non-hydrogen) atoms. The molecule has 0 aliphatic carbocycles. The van der Waals surface area contributed by atoms with Crippen LogP contribution in [-0.2, 0) is 4.79 Å². The third-order valence-electron chi connectivity index (χ3n) is 5.92. The number of methoxy groups -OCH3 is 3. The number of fused-ring (bicyclic) bond motifs is 1. The zero-order valence-corrected chi connectivity index (χ0v) is 22.4. The Labute approximate surface area is 229 Å². The first kappa shape index (κ1) is 25.9. The summed E-state index contributed by atoms with van der Waals surface area (Å²) in [7, 11) is 4.67. The summed E-state index contributed by atoms with van der Waals surface area (Å²) in [6, 6.07) is 21.2. The minimum absolute atomic E-state index is 0.0887. The average Bonchev–Trinajstić information content (AvgIpc) is 3.60. The number of hydrogen-bond donors (Lipinski definition) is 2. The van der Waals surface area contributed by atoms with Crippen molar-refractivity contribution < 1.29 is 19.0 Å². The molecule has 0 aliphatic rings. The normalized spacial score (nSPS) is 11.2. The summed E-state index contributed by atoms with van der Waals surface area (Å²) in [5.41, 5.74) is 6.03. The number of para-hydroxylation sites is 2. The van der Waals surface area contributed by atoms with Crippen LogP contribution >= 0.6 is 11.8 Å². The van der Waals surface area contributed by atoms with Gasteiger partial charge in [-0.1, -0.05) is 48.2 Å². The Morgan fingerprint density at radius 1 is 1.00 bits per heavy atom. The van der Waals surface area contributed by atoms with Gasteiger partial charge in [0.05, 0.1) is 33.3 Å². The molecule has 3 aromatic carbocycles. The van der Waals surface area contributed by atoms with Crippen LogP contribution in [0.3, 0.4) is 0 Å². The van der Waals surface area contributed by atoms with E-state index in [9.17, 15) is 4.79 Å². The van der Waals surface area contributed by atoms with Crippen LogP contribution in [0.1, 0.15) is 5.56 Å². The van der Waals surface area contributed by atoms with E-state index in [1.54, 1.807) is 27.5 Å². The number of thioether (sulfide) groups is 1. The molecule has 198 valence electrons. The van der Waals surface area contributed by atoms with Gasteiger partial charge in [-0.2, -0.15) is 5.10 Å². The maximum absolute atomic E-state index is 12.6. The molecular weight excluding hydrogens is 516 g/mol. The first-order valence-corrected chi connectivity index (χ1v) is 12.9. The highest BCUT2D eigenvalue weighted by Crippen LogP contribution is 2.41. The summed E-state index contributed by atoms with van der Waals surface area (Å²) in [6.07, 6.45) is 3.47. The Morgan fingerprint density at radius 2 is 1.72 bits per heavy atom. The summed E-state index contributed by atoms with van der Waals surface area (Å²) in [6.45, 7) is 0. The number of rotatable bonds is 10. The first-order valence-electron chi connectivity index (χ1n) is 11.9. The quantitative estimate of drug-likeness (QED) is 0.150. The van der Waals surface area contributed by atoms with E-state index in [0.717, 1.165) is 22.2 Å². The minimum Gasteiger partial charge on any atom is -0.493 e. The molecule has 0 spiro atoms. The lowest BCUT2D eigenvalue weighted by Gasteiger charge is -2.15. The molecular formula is C28H26N6O4S. The predicted molar refractivity (Wildman–Crippen MR) is 151 cm³/mol. The van der Waals surface area contributed by atoms with Gasteiger partial charge in [-0.15, -0.1) is 10.2 Å². The average molecular weight is 543 g/mol. The van der Waals surface area contributed by atoms with E-state index in [2.05, 4.69) is 25.7 Å². The van der Waals surface area contributed by atoms with Crippen LogP contribution in [0.4, 0.5) is 0 Å². The van der Waals surface area contributed by atoms with E-state index in [1.807, 2.05) is 77.5 Å². The fourth-order valence-electron chi connectivity index (χ4n) is 4.11. The number of amides is 1. The Kier molecular flexibility index (Phi) is 7.78. The van der Waals surface area contributed by atoms with Gasteiger partial charge in [0.25, 0.3) is 5.91 Å². The fourth-order valence-corrected chi connectivity index (χ4v) is 4.85. The van der Waals surface area contributed by atoms with Crippen LogP contribution < -0.4 is 19.6 Å². The number of carbonyl (C=O) groups excluding carboxylic acids is 1. The third kappa shape index (κ3) is 5.43. The number of aromatic amines is 1. The minimum atomic E-state index is -0.270. The van der Waals surface area contributed by atoms with Crippen molar-refractivity contribution in [3.8, 4) is 34.3 Å². The van der Waals surface area contributed by atoms with Gasteiger partial charge >= 0.3 is 0 Å². The fraction of sp³-hybridized carbons (Fsp3) is 0.143. The maximum atomic E-state index is 12.6. The van der Waals surface area contributed by atoms with Crippen LogP contribution in [0.2, 0.25) is 0 Å². The van der Waals surface area contributed by atoms with Gasteiger partial charge in [0.1, 0.15) is 0 Å². The van der Waals surface area contributed by atoms with Crippen molar-refractivity contribution in [3.63, 3.8) is 0 Å². The van der Waals surface area contributed by atoms with E-state index >= 15 is 0 Å². The number of hydrogen-bond acceptors (Lipinski definition) is 8. The second-order valence-corrected chi connectivity index (χ2v) is 9.21. The van der Waals surface area contributed by atoms with Crippen molar-refractivity contribution in [2.24, 2.45) is 5.10 Å². The molecule has 0 bridgehead atoms. The van der Waals surface area contributed by atoms with Crippen molar-refractivity contribution >= 4 is 34.8 Å². The number of aromatic nitrogens is 4. The van der Waals surface area contributed by atoms with Crippen molar-refractivity contribution in [1.29, 1.82) is 0 Å². The van der Waals surface area contributed by atoms with Crippen LogP contribution in [0, 0.1) is 0 Å². The van der Waals surface area contributed by atoms with Crippen molar-refractivity contribution in [1.82, 2.24) is 25.2 Å². The molecule has 0 radical (unpaired) electrons. The van der Waals surface area contributed by atoms with Gasteiger partial charge in [-0.3, -0.25) is 9.36 Å². The lowest BCUT2D eigenvalue weighted by atomic mass is 10.1. The molecule has 0 saturated carbocycles. The molecule has 0 aliphatic heterocycles. The number of nitrogens with one attached hydrogen (secondary N) is 2. The second-order valence-electron chi connectivity index (χ2n) is 8.26. The monoisotopic (exact) mass is 542 g/mol. The molecule has 0 saturated heterocycles. The van der Waals surface area contributed by atoms with Gasteiger partial charge in [-0.05, 0) is 30.3 Å². The number of H-pyrrole nitrogens is 1. The highest BCUT2D eigenvalue weighted by atomic mass is 32.2. The van der Waals surface area contributed by atoms with E-state index in [4.69, 9.17) is 14.2 Å². The van der Waals surface area contributed by atoms with E-state index in [-0.39, 0.29) is 11.7 Å². The Hall–Kier alpha value is -4.77. The van der Waals surface area contributed by atoms with Crippen LogP contribution in [0.5, 0.6) is 17.2 Å². The van der Waals surface area contributed by atoms with Gasteiger partial charge in [0.2, 0.25) is 5.75 Å². The number of ether oxygens (including phenoxy) is 3. The number of nitrogens with zero attached hydrogens (tertiary/aromatic N) is 4. The second kappa shape index (κ2) is 11.7. The summed E-state index contributed by atoms with van der Waals surface area (Å²) in [5.74, 6) is 1.85. The lowest BCUT2D eigenvalue weighted by molar-refractivity contribution is -0.118. The Bertz CT molecular complexity index is 1600. The van der Waals surface area contributed by atoms with Crippen LogP contribution in [0.25, 0.3) is 28.0 Å². The molecule has 2 aromatic heterocycles. The van der Waals surface area contributed by atoms with Gasteiger partial charge in [0.15, 0.2) is 22.5 Å². The van der Waals surface area contributed by atoms with Gasteiger partial charge < -0.3 is 19.2 Å². The molecule has 0 fully saturated rings. The number of carbonyl (C=O) groups is 1. The predicted octanol–water partition coefficient (Wildman–Crippen LogP) is 4.68. The van der Waals surface area contributed by atoms with Crippen molar-refractivity contribution in [2.75, 3.05) is 27.1 Å². The van der Waals surface area contributed by atoms with E-state index in [0.29, 0.717) is 33.8 Å². The molecule has 10 nitrogen and oxygen atoms in total. The van der Waals surface area contributed by atoms with Crippen LogP contribution in [-0.4, -0.2) is 59.0 Å². The molecule has 1 amide bonds. The van der Waals surface area contributed by atoms with Crippen molar-refractivity contribution in [3.05, 3.63) is 78.5 Å². The summed E-state index contributed by atoms with van der Waals surface area (Å²) in [5, 5.41) is 14.5. The molecule has 2 N–H and O–H groups in total. The van der Waals surface area contributed by atoms with Gasteiger partial charge in [0, 0.05) is 33.9 Å². The highest BCUT2D eigenvalue weighted by Gasteiger charge is 2.21. The third-order valence-corrected chi connectivity index (χ3v) is 6.85. The molecule has 0 unspecified atom stereocenters. The number of hydrazone groups is 1. The van der Waals surface area contributed by atoms with Crippen molar-refractivity contribution in [2.45, 2.75) is 5.16 Å². The first-order chi connectivity index (χ1) is 19.1. The SMILES string of the molecule is COc1cc(-c2nnc(SCC(=O)N/N=C\c3c[nH]c4ccccc34)n2-c2ccccc2)cc(OC)c1OC. The molecule has 5 aromatic rings. The number of benzene rings is 3. The topological polar surface area (TPSA) is 116 Å². The zero-order chi connectivity index (χ0) is 27.2. The molecule has 11 heteroatoms. The van der Waals surface area contributed by atoms with E-state index in [1.165, 1.54) is 11.8 Å². The smallest absolute Gasteiger partial charge is 0.250 e. The molecule has 5 rings (SSSR count).